The number of benzene rings is 2. The standard InChI is InChI=1S/C18H20BrNO/c19-16-10-9-13-11-15(8-7-14(13)12-16)18(21)20-17-5-3-1-2-4-6-17/h7-12,17H,1-6H2,(H,20,21). The summed E-state index contributed by atoms with van der Waals surface area (Å²) in [6, 6.07) is 12.4. The number of fused-ring (bicyclic) bond motifs is 1. The number of nitrogens with one attached hydrogen (secondary N) is 1. The first-order chi connectivity index (χ1) is 10.2. The predicted molar refractivity (Wildman–Crippen MR) is 90.6 cm³/mol. The molecule has 0 bridgehead atoms. The molecule has 2 nitrogen and oxygen atoms in total. The first-order valence-corrected chi connectivity index (χ1v) is 8.52. The normalized spacial score (nSPS) is 16.6. The van der Waals surface area contributed by atoms with Gasteiger partial charge in [-0.2, -0.15) is 0 Å². The van der Waals surface area contributed by atoms with Crippen molar-refractivity contribution in [2.75, 3.05) is 0 Å². The van der Waals surface area contributed by atoms with Gasteiger partial charge < -0.3 is 5.32 Å². The second-order valence-corrected chi connectivity index (χ2v) is 6.78. The van der Waals surface area contributed by atoms with Crippen LogP contribution in [0.4, 0.5) is 0 Å². The SMILES string of the molecule is O=C(NC1CCCCCC1)c1ccc2cc(Br)ccc2c1. The molecule has 1 aliphatic carbocycles. The van der Waals surface area contributed by atoms with E-state index in [2.05, 4.69) is 27.3 Å². The molecule has 0 unspecified atom stereocenters. The number of hydrogen-bond acceptors (Lipinski definition) is 1. The zero-order chi connectivity index (χ0) is 14.7. The Hall–Kier alpha value is -1.35. The Bertz CT molecular complexity index is 645. The molecule has 3 rings (SSSR count). The Balaban J connectivity index is 1.76. The summed E-state index contributed by atoms with van der Waals surface area (Å²) in [6.07, 6.45) is 7.31. The molecule has 1 amide bonds. The molecule has 3 heteroatoms. The molecule has 0 saturated heterocycles. The number of carbonyl (C=O) groups is 1. The molecule has 0 aliphatic heterocycles. The van der Waals surface area contributed by atoms with Crippen molar-refractivity contribution in [3.63, 3.8) is 0 Å². The highest BCUT2D eigenvalue weighted by Gasteiger charge is 2.15. The molecule has 1 fully saturated rings. The molecular weight excluding hydrogens is 326 g/mol. The molecule has 110 valence electrons. The molecule has 1 saturated carbocycles. The van der Waals surface area contributed by atoms with E-state index in [0.717, 1.165) is 33.7 Å². The maximum absolute atomic E-state index is 12.4. The van der Waals surface area contributed by atoms with Crippen molar-refractivity contribution in [3.8, 4) is 0 Å². The van der Waals surface area contributed by atoms with Crippen molar-refractivity contribution in [2.24, 2.45) is 0 Å². The first-order valence-electron chi connectivity index (χ1n) is 7.72. The Morgan fingerprint density at radius 1 is 0.952 bits per heavy atom. The fourth-order valence-electron chi connectivity index (χ4n) is 3.05. The molecule has 2 aromatic carbocycles. The van der Waals surface area contributed by atoms with Crippen LogP contribution in [0.1, 0.15) is 48.9 Å². The van der Waals surface area contributed by atoms with E-state index in [-0.39, 0.29) is 5.91 Å². The van der Waals surface area contributed by atoms with Crippen molar-refractivity contribution in [3.05, 3.63) is 46.4 Å². The van der Waals surface area contributed by atoms with Crippen LogP contribution in [-0.2, 0) is 0 Å². The lowest BCUT2D eigenvalue weighted by atomic mass is 10.1. The van der Waals surface area contributed by atoms with E-state index < -0.39 is 0 Å². The van der Waals surface area contributed by atoms with Gasteiger partial charge in [0.2, 0.25) is 0 Å². The van der Waals surface area contributed by atoms with Crippen molar-refractivity contribution in [2.45, 2.75) is 44.6 Å². The van der Waals surface area contributed by atoms with Crippen LogP contribution >= 0.6 is 15.9 Å². The van der Waals surface area contributed by atoms with E-state index in [1.54, 1.807) is 0 Å². The average Bonchev–Trinajstić information content (AvgIpc) is 2.75. The van der Waals surface area contributed by atoms with E-state index in [9.17, 15) is 4.79 Å². The summed E-state index contributed by atoms with van der Waals surface area (Å²) in [5, 5.41) is 5.45. The smallest absolute Gasteiger partial charge is 0.251 e. The van der Waals surface area contributed by atoms with Crippen LogP contribution in [-0.4, -0.2) is 11.9 Å². The summed E-state index contributed by atoms with van der Waals surface area (Å²) in [7, 11) is 0. The topological polar surface area (TPSA) is 29.1 Å². The Labute approximate surface area is 134 Å². The summed E-state index contributed by atoms with van der Waals surface area (Å²) in [5.41, 5.74) is 0.758. The fraction of sp³-hybridized carbons (Fsp3) is 0.389. The lowest BCUT2D eigenvalue weighted by molar-refractivity contribution is 0.0933. The van der Waals surface area contributed by atoms with Crippen molar-refractivity contribution >= 4 is 32.6 Å². The van der Waals surface area contributed by atoms with E-state index in [0.29, 0.717) is 6.04 Å². The van der Waals surface area contributed by atoms with Crippen LogP contribution in [0, 0.1) is 0 Å². The second kappa shape index (κ2) is 6.61. The van der Waals surface area contributed by atoms with Gasteiger partial charge in [0.25, 0.3) is 5.91 Å². The van der Waals surface area contributed by atoms with Gasteiger partial charge in [-0.05, 0) is 47.9 Å². The zero-order valence-corrected chi connectivity index (χ0v) is 13.7. The third-order valence-corrected chi connectivity index (χ3v) is 4.75. The predicted octanol–water partition coefficient (Wildman–Crippen LogP) is 5.05. The molecule has 0 radical (unpaired) electrons. The lowest BCUT2D eigenvalue weighted by Crippen LogP contribution is -2.34. The third-order valence-electron chi connectivity index (χ3n) is 4.25. The minimum atomic E-state index is 0.0618. The van der Waals surface area contributed by atoms with Gasteiger partial charge in [0.15, 0.2) is 0 Å². The van der Waals surface area contributed by atoms with Crippen LogP contribution in [0.5, 0.6) is 0 Å². The highest BCUT2D eigenvalue weighted by atomic mass is 79.9. The highest BCUT2D eigenvalue weighted by Crippen LogP contribution is 2.22. The van der Waals surface area contributed by atoms with E-state index in [1.807, 2.05) is 30.3 Å². The Morgan fingerprint density at radius 3 is 2.38 bits per heavy atom. The summed E-state index contributed by atoms with van der Waals surface area (Å²) in [5.74, 6) is 0.0618. The Morgan fingerprint density at radius 2 is 1.62 bits per heavy atom. The third kappa shape index (κ3) is 3.65. The van der Waals surface area contributed by atoms with Crippen LogP contribution in [0.3, 0.4) is 0 Å². The molecule has 21 heavy (non-hydrogen) atoms. The average molecular weight is 346 g/mol. The summed E-state index contributed by atoms with van der Waals surface area (Å²) in [6.45, 7) is 0. The molecule has 2 aromatic rings. The lowest BCUT2D eigenvalue weighted by Gasteiger charge is -2.16. The van der Waals surface area contributed by atoms with Crippen molar-refractivity contribution in [1.29, 1.82) is 0 Å². The number of carbonyl (C=O) groups excluding carboxylic acids is 1. The van der Waals surface area contributed by atoms with Crippen LogP contribution in [0.2, 0.25) is 0 Å². The largest absolute Gasteiger partial charge is 0.349 e. The van der Waals surface area contributed by atoms with E-state index >= 15 is 0 Å². The molecule has 0 aromatic heterocycles. The number of hydrogen-bond donors (Lipinski definition) is 1. The molecule has 0 atom stereocenters. The quantitative estimate of drug-likeness (QED) is 0.757. The summed E-state index contributed by atoms with van der Waals surface area (Å²) in [4.78, 5) is 12.4. The van der Waals surface area contributed by atoms with E-state index in [1.165, 1.54) is 25.7 Å². The fourth-order valence-corrected chi connectivity index (χ4v) is 3.43. The van der Waals surface area contributed by atoms with Gasteiger partial charge in [0, 0.05) is 16.1 Å². The van der Waals surface area contributed by atoms with Gasteiger partial charge in [-0.3, -0.25) is 4.79 Å². The van der Waals surface area contributed by atoms with Gasteiger partial charge in [-0.1, -0.05) is 53.7 Å². The minimum Gasteiger partial charge on any atom is -0.349 e. The molecule has 0 heterocycles. The second-order valence-electron chi connectivity index (χ2n) is 5.87. The highest BCUT2D eigenvalue weighted by molar-refractivity contribution is 9.10. The van der Waals surface area contributed by atoms with Gasteiger partial charge >= 0.3 is 0 Å². The van der Waals surface area contributed by atoms with Crippen molar-refractivity contribution < 1.29 is 4.79 Å². The first kappa shape index (κ1) is 14.6. The minimum absolute atomic E-state index is 0.0618. The van der Waals surface area contributed by atoms with Gasteiger partial charge in [-0.25, -0.2) is 0 Å². The monoisotopic (exact) mass is 345 g/mol. The Kier molecular flexibility index (Phi) is 4.59. The zero-order valence-electron chi connectivity index (χ0n) is 12.1. The molecular formula is C18H20BrNO. The number of rotatable bonds is 2. The van der Waals surface area contributed by atoms with Gasteiger partial charge in [-0.15, -0.1) is 0 Å². The summed E-state index contributed by atoms with van der Waals surface area (Å²) >= 11 is 3.47. The maximum atomic E-state index is 12.4. The molecule has 0 spiro atoms. The van der Waals surface area contributed by atoms with Crippen molar-refractivity contribution in [1.82, 2.24) is 5.32 Å². The van der Waals surface area contributed by atoms with Gasteiger partial charge in [0.1, 0.15) is 0 Å². The maximum Gasteiger partial charge on any atom is 0.251 e. The number of amides is 1. The number of halogens is 1. The van der Waals surface area contributed by atoms with Crippen LogP contribution < -0.4 is 5.32 Å². The van der Waals surface area contributed by atoms with Gasteiger partial charge in [0.05, 0.1) is 0 Å². The summed E-state index contributed by atoms with van der Waals surface area (Å²) < 4.78 is 1.06. The molecule has 1 N–H and O–H groups in total. The van der Waals surface area contributed by atoms with Crippen LogP contribution in [0.15, 0.2) is 40.9 Å². The molecule has 1 aliphatic rings. The van der Waals surface area contributed by atoms with E-state index in [4.69, 9.17) is 0 Å². The van der Waals surface area contributed by atoms with Crippen LogP contribution in [0.25, 0.3) is 10.8 Å².